The summed E-state index contributed by atoms with van der Waals surface area (Å²) in [4.78, 5) is 12.0. The van der Waals surface area contributed by atoms with Gasteiger partial charge in [-0.25, -0.2) is 0 Å². The second-order valence-corrected chi connectivity index (χ2v) is 5.03. The van der Waals surface area contributed by atoms with Crippen LogP contribution in [0, 0.1) is 5.92 Å². The van der Waals surface area contributed by atoms with Crippen LogP contribution in [0.1, 0.15) is 56.7 Å². The average molecular weight is 237 g/mol. The van der Waals surface area contributed by atoms with E-state index in [1.807, 2.05) is 13.0 Å². The van der Waals surface area contributed by atoms with Crippen LogP contribution in [0.3, 0.4) is 0 Å². The summed E-state index contributed by atoms with van der Waals surface area (Å²) in [5, 5.41) is 7.36. The van der Waals surface area contributed by atoms with Gasteiger partial charge >= 0.3 is 0 Å². The molecular formula is C13H23N3O. The van der Waals surface area contributed by atoms with Crippen LogP contribution >= 0.6 is 0 Å². The molecule has 1 aromatic heterocycles. The van der Waals surface area contributed by atoms with Crippen molar-refractivity contribution in [2.75, 3.05) is 6.54 Å². The van der Waals surface area contributed by atoms with Gasteiger partial charge in [-0.15, -0.1) is 0 Å². The summed E-state index contributed by atoms with van der Waals surface area (Å²) in [5.41, 5.74) is 1.64. The first-order valence-electron chi connectivity index (χ1n) is 6.31. The summed E-state index contributed by atoms with van der Waals surface area (Å²) in [6.45, 7) is 11.7. The fourth-order valence-corrected chi connectivity index (χ4v) is 1.53. The lowest BCUT2D eigenvalue weighted by Gasteiger charge is -2.08. The van der Waals surface area contributed by atoms with E-state index in [1.54, 1.807) is 4.68 Å². The van der Waals surface area contributed by atoms with Crippen LogP contribution in [-0.2, 0) is 6.54 Å². The van der Waals surface area contributed by atoms with Gasteiger partial charge in [-0.1, -0.05) is 27.7 Å². The Morgan fingerprint density at radius 1 is 1.41 bits per heavy atom. The Morgan fingerprint density at radius 3 is 2.53 bits per heavy atom. The van der Waals surface area contributed by atoms with Crippen molar-refractivity contribution < 1.29 is 4.79 Å². The quantitative estimate of drug-likeness (QED) is 0.855. The van der Waals surface area contributed by atoms with E-state index in [-0.39, 0.29) is 5.91 Å². The summed E-state index contributed by atoms with van der Waals surface area (Å²) in [5.74, 6) is 0.779. The number of amides is 1. The minimum absolute atomic E-state index is 0.0278. The highest BCUT2D eigenvalue weighted by Crippen LogP contribution is 2.14. The Bertz CT molecular complexity index is 380. The lowest BCUT2D eigenvalue weighted by atomic mass is 10.1. The fourth-order valence-electron chi connectivity index (χ4n) is 1.53. The van der Waals surface area contributed by atoms with Crippen molar-refractivity contribution in [1.82, 2.24) is 15.1 Å². The predicted octanol–water partition coefficient (Wildman–Crippen LogP) is 2.41. The zero-order valence-electron chi connectivity index (χ0n) is 11.4. The molecule has 1 amide bonds. The Kier molecular flexibility index (Phi) is 4.73. The molecule has 0 saturated heterocycles. The molecule has 96 valence electrons. The lowest BCUT2D eigenvalue weighted by molar-refractivity contribution is 0.0938. The van der Waals surface area contributed by atoms with Gasteiger partial charge in [0.1, 0.15) is 5.69 Å². The molecule has 17 heavy (non-hydrogen) atoms. The molecule has 1 heterocycles. The van der Waals surface area contributed by atoms with E-state index in [9.17, 15) is 4.79 Å². The third-order valence-corrected chi connectivity index (χ3v) is 2.59. The van der Waals surface area contributed by atoms with Gasteiger partial charge in [0.05, 0.1) is 5.69 Å². The summed E-state index contributed by atoms with van der Waals surface area (Å²) in [6.07, 6.45) is 0. The summed E-state index contributed by atoms with van der Waals surface area (Å²) in [7, 11) is 0. The molecule has 0 saturated carbocycles. The van der Waals surface area contributed by atoms with Crippen molar-refractivity contribution in [1.29, 1.82) is 0 Å². The van der Waals surface area contributed by atoms with E-state index < -0.39 is 0 Å². The van der Waals surface area contributed by atoms with Crippen LogP contribution in [0.25, 0.3) is 0 Å². The molecule has 0 aromatic carbocycles. The van der Waals surface area contributed by atoms with Crippen molar-refractivity contribution in [3.63, 3.8) is 0 Å². The molecule has 1 N–H and O–H groups in total. The number of nitrogens with one attached hydrogen (secondary N) is 1. The van der Waals surface area contributed by atoms with Crippen LogP contribution in [0.4, 0.5) is 0 Å². The first-order valence-corrected chi connectivity index (χ1v) is 6.31. The predicted molar refractivity (Wildman–Crippen MR) is 69.2 cm³/mol. The van der Waals surface area contributed by atoms with Gasteiger partial charge in [0, 0.05) is 13.1 Å². The van der Waals surface area contributed by atoms with Gasteiger partial charge < -0.3 is 5.32 Å². The SMILES string of the molecule is CCn1nc(C(C)C)cc1C(=O)NCC(C)C. The highest BCUT2D eigenvalue weighted by molar-refractivity contribution is 5.92. The van der Waals surface area contributed by atoms with Crippen molar-refractivity contribution in [2.24, 2.45) is 5.92 Å². The minimum atomic E-state index is -0.0278. The second kappa shape index (κ2) is 5.84. The second-order valence-electron chi connectivity index (χ2n) is 5.03. The van der Waals surface area contributed by atoms with Crippen LogP contribution in [0.15, 0.2) is 6.07 Å². The Labute approximate surface area is 103 Å². The van der Waals surface area contributed by atoms with Crippen LogP contribution in [0.5, 0.6) is 0 Å². The molecule has 1 rings (SSSR count). The molecule has 0 spiro atoms. The van der Waals surface area contributed by atoms with Crippen molar-refractivity contribution in [3.8, 4) is 0 Å². The summed E-state index contributed by atoms with van der Waals surface area (Å²) < 4.78 is 1.77. The van der Waals surface area contributed by atoms with Gasteiger partial charge in [-0.05, 0) is 24.8 Å². The maximum Gasteiger partial charge on any atom is 0.269 e. The van der Waals surface area contributed by atoms with E-state index in [2.05, 4.69) is 38.1 Å². The van der Waals surface area contributed by atoms with E-state index in [4.69, 9.17) is 0 Å². The molecule has 0 aliphatic carbocycles. The van der Waals surface area contributed by atoms with Gasteiger partial charge in [0.25, 0.3) is 5.91 Å². The fraction of sp³-hybridized carbons (Fsp3) is 0.692. The molecule has 0 aliphatic rings. The number of carbonyl (C=O) groups is 1. The molecule has 0 radical (unpaired) electrons. The maximum absolute atomic E-state index is 12.0. The third kappa shape index (κ3) is 3.58. The van der Waals surface area contributed by atoms with Crippen LogP contribution in [0.2, 0.25) is 0 Å². The van der Waals surface area contributed by atoms with Crippen LogP contribution < -0.4 is 5.32 Å². The number of hydrogen-bond acceptors (Lipinski definition) is 2. The molecule has 1 aromatic rings. The number of rotatable bonds is 5. The van der Waals surface area contributed by atoms with E-state index in [1.165, 1.54) is 0 Å². The zero-order chi connectivity index (χ0) is 13.0. The first-order chi connectivity index (χ1) is 7.95. The number of aryl methyl sites for hydroxylation is 1. The summed E-state index contributed by atoms with van der Waals surface area (Å²) >= 11 is 0. The maximum atomic E-state index is 12.0. The number of aromatic nitrogens is 2. The average Bonchev–Trinajstić information content (AvgIpc) is 2.69. The molecule has 0 unspecified atom stereocenters. The zero-order valence-corrected chi connectivity index (χ0v) is 11.4. The number of nitrogens with zero attached hydrogens (tertiary/aromatic N) is 2. The standard InChI is InChI=1S/C13H23N3O/c1-6-16-12(7-11(15-16)10(4)5)13(17)14-8-9(2)3/h7,9-10H,6,8H2,1-5H3,(H,14,17). The van der Waals surface area contributed by atoms with Crippen molar-refractivity contribution >= 4 is 5.91 Å². The Morgan fingerprint density at radius 2 is 2.06 bits per heavy atom. The Hall–Kier alpha value is -1.32. The van der Waals surface area contributed by atoms with Gasteiger partial charge in [0.2, 0.25) is 0 Å². The normalized spacial score (nSPS) is 11.2. The minimum Gasteiger partial charge on any atom is -0.350 e. The largest absolute Gasteiger partial charge is 0.350 e. The molecule has 0 aliphatic heterocycles. The monoisotopic (exact) mass is 237 g/mol. The van der Waals surface area contributed by atoms with E-state index >= 15 is 0 Å². The third-order valence-electron chi connectivity index (χ3n) is 2.59. The molecule has 0 bridgehead atoms. The summed E-state index contributed by atoms with van der Waals surface area (Å²) in [6, 6.07) is 1.89. The van der Waals surface area contributed by atoms with Gasteiger partial charge in [-0.2, -0.15) is 5.10 Å². The van der Waals surface area contributed by atoms with Crippen molar-refractivity contribution in [3.05, 3.63) is 17.5 Å². The first kappa shape index (κ1) is 13.7. The Balaban J connectivity index is 2.84. The van der Waals surface area contributed by atoms with E-state index in [0.717, 1.165) is 12.2 Å². The molecule has 4 heteroatoms. The van der Waals surface area contributed by atoms with Crippen LogP contribution in [-0.4, -0.2) is 22.2 Å². The van der Waals surface area contributed by atoms with E-state index in [0.29, 0.717) is 24.1 Å². The number of carbonyl (C=O) groups excluding carboxylic acids is 1. The molecule has 4 nitrogen and oxygen atoms in total. The molecule has 0 atom stereocenters. The molecule has 0 fully saturated rings. The topological polar surface area (TPSA) is 46.9 Å². The van der Waals surface area contributed by atoms with Crippen molar-refractivity contribution in [2.45, 2.75) is 47.1 Å². The highest BCUT2D eigenvalue weighted by Gasteiger charge is 2.15. The lowest BCUT2D eigenvalue weighted by Crippen LogP contribution is -2.29. The van der Waals surface area contributed by atoms with Gasteiger partial charge in [0.15, 0.2) is 0 Å². The van der Waals surface area contributed by atoms with Gasteiger partial charge in [-0.3, -0.25) is 9.48 Å². The number of hydrogen-bond donors (Lipinski definition) is 1. The molecular weight excluding hydrogens is 214 g/mol. The highest BCUT2D eigenvalue weighted by atomic mass is 16.2. The smallest absolute Gasteiger partial charge is 0.269 e.